The highest BCUT2D eigenvalue weighted by Crippen LogP contribution is 2.20. The van der Waals surface area contributed by atoms with Crippen molar-refractivity contribution in [1.82, 2.24) is 14.6 Å². The number of sulfonamides is 1. The van der Waals surface area contributed by atoms with Gasteiger partial charge in [0.25, 0.3) is 0 Å². The Kier molecular flexibility index (Phi) is 1.87. The highest BCUT2D eigenvalue weighted by atomic mass is 32.2. The molecule has 0 unspecified atom stereocenters. The van der Waals surface area contributed by atoms with Gasteiger partial charge in [0, 0.05) is 6.07 Å². The number of rotatable bonds is 1. The van der Waals surface area contributed by atoms with Gasteiger partial charge >= 0.3 is 0 Å². The number of aromatic nitrogens is 3. The Hall–Kier alpha value is -1.86. The molecular formula is C10H10N4O2S. The molecule has 7 heteroatoms. The number of aromatic amines is 1. The first kappa shape index (κ1) is 10.3. The molecule has 0 aliphatic carbocycles. The molecule has 0 amide bonds. The normalized spacial score (nSPS) is 12.6. The Morgan fingerprint density at radius 3 is 2.82 bits per heavy atom. The maximum absolute atomic E-state index is 11.2. The predicted molar refractivity (Wildman–Crippen MR) is 63.2 cm³/mol. The molecule has 17 heavy (non-hydrogen) atoms. The first-order valence-corrected chi connectivity index (χ1v) is 6.51. The maximum Gasteiger partial charge on any atom is 0.238 e. The van der Waals surface area contributed by atoms with Crippen LogP contribution in [-0.2, 0) is 10.0 Å². The number of primary sulfonamides is 1. The van der Waals surface area contributed by atoms with Crippen LogP contribution in [0.1, 0.15) is 5.69 Å². The van der Waals surface area contributed by atoms with E-state index in [2.05, 4.69) is 10.1 Å². The van der Waals surface area contributed by atoms with Crippen LogP contribution in [0, 0.1) is 6.92 Å². The minimum atomic E-state index is -3.67. The summed E-state index contributed by atoms with van der Waals surface area (Å²) in [5.41, 5.74) is 3.23. The van der Waals surface area contributed by atoms with Gasteiger partial charge in [0.05, 0.1) is 21.6 Å². The van der Waals surface area contributed by atoms with E-state index in [0.29, 0.717) is 5.52 Å². The second kappa shape index (κ2) is 3.08. The molecule has 0 atom stereocenters. The number of imidazole rings is 1. The van der Waals surface area contributed by atoms with E-state index in [1.807, 2.05) is 13.0 Å². The Morgan fingerprint density at radius 1 is 1.35 bits per heavy atom. The second-order valence-corrected chi connectivity index (χ2v) is 5.49. The summed E-state index contributed by atoms with van der Waals surface area (Å²) in [4.78, 5) is 3.18. The van der Waals surface area contributed by atoms with Crippen molar-refractivity contribution in [2.75, 3.05) is 0 Å². The van der Waals surface area contributed by atoms with E-state index in [1.54, 1.807) is 10.6 Å². The zero-order valence-corrected chi connectivity index (χ0v) is 9.82. The lowest BCUT2D eigenvalue weighted by Crippen LogP contribution is -2.11. The van der Waals surface area contributed by atoms with Crippen LogP contribution in [0.2, 0.25) is 0 Å². The third-order valence-electron chi connectivity index (χ3n) is 2.62. The summed E-state index contributed by atoms with van der Waals surface area (Å²) < 4.78 is 24.2. The van der Waals surface area contributed by atoms with Crippen molar-refractivity contribution in [1.29, 1.82) is 0 Å². The van der Waals surface area contributed by atoms with Crippen LogP contribution in [-0.4, -0.2) is 23.0 Å². The molecule has 0 fully saturated rings. The van der Waals surface area contributed by atoms with Crippen molar-refractivity contribution >= 4 is 26.7 Å². The largest absolute Gasteiger partial charge is 0.338 e. The molecule has 6 nitrogen and oxygen atoms in total. The van der Waals surface area contributed by atoms with Crippen molar-refractivity contribution in [3.63, 3.8) is 0 Å². The minimum Gasteiger partial charge on any atom is -0.338 e. The Balaban J connectivity index is 2.38. The average Bonchev–Trinajstić information content (AvgIpc) is 2.71. The molecule has 0 aliphatic rings. The van der Waals surface area contributed by atoms with Crippen LogP contribution in [0.3, 0.4) is 0 Å². The third-order valence-corrected chi connectivity index (χ3v) is 3.53. The molecule has 3 aromatic rings. The molecule has 3 N–H and O–H groups in total. The summed E-state index contributed by atoms with van der Waals surface area (Å²) in [6, 6.07) is 6.55. The van der Waals surface area contributed by atoms with Gasteiger partial charge < -0.3 is 4.98 Å². The van der Waals surface area contributed by atoms with Gasteiger partial charge in [-0.1, -0.05) is 0 Å². The van der Waals surface area contributed by atoms with Crippen molar-refractivity contribution in [2.45, 2.75) is 11.8 Å². The Bertz CT molecular complexity index is 829. The number of aryl methyl sites for hydroxylation is 1. The number of benzene rings is 1. The van der Waals surface area contributed by atoms with Crippen LogP contribution in [0.25, 0.3) is 16.7 Å². The van der Waals surface area contributed by atoms with Crippen LogP contribution >= 0.6 is 0 Å². The topological polar surface area (TPSA) is 93.2 Å². The fourth-order valence-corrected chi connectivity index (χ4v) is 2.43. The summed E-state index contributed by atoms with van der Waals surface area (Å²) in [5, 5.41) is 9.38. The number of nitrogens with two attached hydrogens (primary N) is 1. The van der Waals surface area contributed by atoms with Crippen molar-refractivity contribution in [2.24, 2.45) is 5.14 Å². The SMILES string of the molecule is Cc1cc2[nH]c3cc(S(N)(=O)=O)ccc3n2n1. The minimum absolute atomic E-state index is 0.0891. The standard InChI is InChI=1S/C10H10N4O2S/c1-6-4-10-12-8-5-7(17(11,15)16)2-3-9(8)14(10)13-6/h2-5,12H,1H3,(H2,11,15,16). The van der Waals surface area contributed by atoms with Crippen molar-refractivity contribution in [3.05, 3.63) is 30.0 Å². The molecule has 1 aromatic carbocycles. The van der Waals surface area contributed by atoms with E-state index < -0.39 is 10.0 Å². The number of nitrogens with zero attached hydrogens (tertiary/aromatic N) is 2. The smallest absolute Gasteiger partial charge is 0.238 e. The third kappa shape index (κ3) is 1.51. The van der Waals surface area contributed by atoms with E-state index >= 15 is 0 Å². The lowest BCUT2D eigenvalue weighted by molar-refractivity contribution is 0.598. The molecule has 2 heterocycles. The van der Waals surface area contributed by atoms with Gasteiger partial charge in [-0.05, 0) is 25.1 Å². The number of nitrogens with one attached hydrogen (secondary N) is 1. The molecule has 0 saturated heterocycles. The molecule has 3 rings (SSSR count). The molecule has 0 aliphatic heterocycles. The molecule has 0 saturated carbocycles. The summed E-state index contributed by atoms with van der Waals surface area (Å²) in [6.07, 6.45) is 0. The van der Waals surface area contributed by atoms with Crippen LogP contribution in [0.5, 0.6) is 0 Å². The lowest BCUT2D eigenvalue weighted by atomic mass is 10.3. The quantitative estimate of drug-likeness (QED) is 0.668. The molecule has 2 aromatic heterocycles. The first-order chi connectivity index (χ1) is 7.95. The fourth-order valence-electron chi connectivity index (χ4n) is 1.89. The van der Waals surface area contributed by atoms with Gasteiger partial charge in [-0.3, -0.25) is 0 Å². The van der Waals surface area contributed by atoms with Gasteiger partial charge in [0.2, 0.25) is 10.0 Å². The fraction of sp³-hybridized carbons (Fsp3) is 0.100. The van der Waals surface area contributed by atoms with Crippen molar-refractivity contribution < 1.29 is 8.42 Å². The molecule has 88 valence electrons. The Labute approximate surface area is 97.1 Å². The zero-order valence-electron chi connectivity index (χ0n) is 9.01. The summed E-state index contributed by atoms with van der Waals surface area (Å²) in [7, 11) is -3.67. The van der Waals surface area contributed by atoms with Crippen LogP contribution in [0.15, 0.2) is 29.2 Å². The predicted octanol–water partition coefficient (Wildman–Crippen LogP) is 0.771. The number of H-pyrrole nitrogens is 1. The summed E-state index contributed by atoms with van der Waals surface area (Å²) >= 11 is 0. The second-order valence-electron chi connectivity index (χ2n) is 3.93. The lowest BCUT2D eigenvalue weighted by Gasteiger charge is -1.97. The molecular weight excluding hydrogens is 240 g/mol. The number of hydrogen-bond donors (Lipinski definition) is 2. The van der Waals surface area contributed by atoms with Gasteiger partial charge in [-0.15, -0.1) is 0 Å². The van der Waals surface area contributed by atoms with E-state index in [-0.39, 0.29) is 4.90 Å². The van der Waals surface area contributed by atoms with Crippen LogP contribution < -0.4 is 5.14 Å². The molecule has 0 radical (unpaired) electrons. The van der Waals surface area contributed by atoms with Gasteiger partial charge in [-0.25, -0.2) is 18.1 Å². The monoisotopic (exact) mass is 250 g/mol. The van der Waals surface area contributed by atoms with E-state index in [0.717, 1.165) is 16.9 Å². The van der Waals surface area contributed by atoms with Gasteiger partial charge in [0.1, 0.15) is 5.65 Å². The summed E-state index contributed by atoms with van der Waals surface area (Å²) in [6.45, 7) is 1.89. The maximum atomic E-state index is 11.2. The van der Waals surface area contributed by atoms with Gasteiger partial charge in [0.15, 0.2) is 0 Å². The zero-order chi connectivity index (χ0) is 12.2. The Morgan fingerprint density at radius 2 is 2.12 bits per heavy atom. The van der Waals surface area contributed by atoms with E-state index in [1.165, 1.54) is 12.1 Å². The van der Waals surface area contributed by atoms with E-state index in [4.69, 9.17) is 5.14 Å². The molecule has 0 bridgehead atoms. The van der Waals surface area contributed by atoms with Gasteiger partial charge in [-0.2, -0.15) is 5.10 Å². The van der Waals surface area contributed by atoms with Crippen molar-refractivity contribution in [3.8, 4) is 0 Å². The average molecular weight is 250 g/mol. The summed E-state index contributed by atoms with van der Waals surface area (Å²) in [5.74, 6) is 0. The van der Waals surface area contributed by atoms with Crippen LogP contribution in [0.4, 0.5) is 0 Å². The highest BCUT2D eigenvalue weighted by Gasteiger charge is 2.11. The first-order valence-electron chi connectivity index (χ1n) is 4.96. The van der Waals surface area contributed by atoms with E-state index in [9.17, 15) is 8.42 Å². The number of hydrogen-bond acceptors (Lipinski definition) is 3. The molecule has 0 spiro atoms. The highest BCUT2D eigenvalue weighted by molar-refractivity contribution is 7.89. The number of fused-ring (bicyclic) bond motifs is 3.